The van der Waals surface area contributed by atoms with Gasteiger partial charge in [0, 0.05) is 34.6 Å². The van der Waals surface area contributed by atoms with Crippen molar-refractivity contribution in [1.29, 1.82) is 0 Å². The monoisotopic (exact) mass is 806 g/mol. The fraction of sp³-hybridized carbons (Fsp3) is 0.491. The molecular formula is C57H68BN3. The smallest absolute Gasteiger partial charge is 0.254 e. The van der Waals surface area contributed by atoms with E-state index in [9.17, 15) is 0 Å². The molecule has 3 nitrogen and oxygen atoms in total. The maximum Gasteiger partial charge on any atom is 0.254 e. The van der Waals surface area contributed by atoms with Crippen LogP contribution in [-0.4, -0.2) is 11.7 Å². The van der Waals surface area contributed by atoms with Crippen LogP contribution >= 0.6 is 0 Å². The van der Waals surface area contributed by atoms with E-state index in [-0.39, 0.29) is 50.0 Å². The molecule has 0 amide bonds. The molecule has 4 aliphatic carbocycles. The number of pyridine rings is 1. The van der Waals surface area contributed by atoms with E-state index >= 15 is 0 Å². The van der Waals surface area contributed by atoms with Gasteiger partial charge in [0.15, 0.2) is 0 Å². The molecule has 0 bridgehead atoms. The van der Waals surface area contributed by atoms with Gasteiger partial charge in [-0.05, 0) is 172 Å². The molecule has 0 fully saturated rings. The molecule has 0 saturated carbocycles. The number of fused-ring (bicyclic) bond motifs is 8. The first-order chi connectivity index (χ1) is 28.2. The van der Waals surface area contributed by atoms with Crippen LogP contribution in [-0.2, 0) is 43.3 Å². The van der Waals surface area contributed by atoms with Crippen molar-refractivity contribution in [3.8, 4) is 0 Å². The Morgan fingerprint density at radius 1 is 0.377 bits per heavy atom. The van der Waals surface area contributed by atoms with Gasteiger partial charge in [0.25, 0.3) is 6.71 Å². The Balaban J connectivity index is 1.24. The van der Waals surface area contributed by atoms with Crippen LogP contribution in [0.5, 0.6) is 0 Å². The third-order valence-electron chi connectivity index (χ3n) is 17.0. The third kappa shape index (κ3) is 5.20. The molecule has 0 radical (unpaired) electrons. The van der Waals surface area contributed by atoms with Gasteiger partial charge in [0.2, 0.25) is 0 Å². The Kier molecular flexibility index (Phi) is 7.41. The molecule has 1 aromatic heterocycles. The summed E-state index contributed by atoms with van der Waals surface area (Å²) >= 11 is 0. The quantitative estimate of drug-likeness (QED) is 0.162. The number of anilines is 6. The molecule has 0 saturated heterocycles. The molecule has 2 aliphatic heterocycles. The van der Waals surface area contributed by atoms with Gasteiger partial charge in [-0.1, -0.05) is 135 Å². The van der Waals surface area contributed by atoms with E-state index in [0.717, 1.165) is 31.5 Å². The summed E-state index contributed by atoms with van der Waals surface area (Å²) in [4.78, 5) is 10.7. The standard InChI is InChI=1S/C57H68BN3/c1-50(2)29-52(5,6)37-23-33(17-19-35(37)50)60-45-21-22-59-49-48(45)58(43-25-39-41(27-46(43)60)56(13,14)31-54(39,9)10)44-26-40-42(57(15,16)32-55(40,11)12)28-47(44)61(49)34-18-20-36-38(24-34)53(7,8)30-51(36,3)4/h17-28H,29-32H2,1-16H3. The number of aromatic nitrogens is 1. The molecule has 4 aromatic carbocycles. The Morgan fingerprint density at radius 3 is 1.15 bits per heavy atom. The highest BCUT2D eigenvalue weighted by Crippen LogP contribution is 2.57. The van der Waals surface area contributed by atoms with E-state index in [1.807, 2.05) is 0 Å². The minimum Gasteiger partial charge on any atom is -0.311 e. The summed E-state index contributed by atoms with van der Waals surface area (Å²) in [6.07, 6.45) is 6.66. The highest BCUT2D eigenvalue weighted by atomic mass is 15.2. The van der Waals surface area contributed by atoms with Crippen molar-refractivity contribution in [1.82, 2.24) is 4.98 Å². The zero-order valence-corrected chi connectivity index (χ0v) is 40.2. The van der Waals surface area contributed by atoms with Crippen LogP contribution in [0.25, 0.3) is 0 Å². The number of nitrogens with zero attached hydrogens (tertiary/aromatic N) is 3. The Bertz CT molecular complexity index is 2600. The molecule has 3 heterocycles. The molecule has 314 valence electrons. The van der Waals surface area contributed by atoms with E-state index in [4.69, 9.17) is 4.98 Å². The molecule has 4 heteroatoms. The lowest BCUT2D eigenvalue weighted by atomic mass is 9.33. The van der Waals surface area contributed by atoms with E-state index in [2.05, 4.69) is 194 Å². The third-order valence-corrected chi connectivity index (χ3v) is 17.0. The maximum atomic E-state index is 5.51. The first-order valence-corrected chi connectivity index (χ1v) is 23.4. The number of benzene rings is 4. The summed E-state index contributed by atoms with van der Waals surface area (Å²) in [6, 6.07) is 27.7. The lowest BCUT2D eigenvalue weighted by molar-refractivity contribution is 0.402. The van der Waals surface area contributed by atoms with Crippen molar-refractivity contribution in [2.24, 2.45) is 0 Å². The van der Waals surface area contributed by atoms with Gasteiger partial charge < -0.3 is 4.90 Å². The van der Waals surface area contributed by atoms with Gasteiger partial charge in [0.05, 0.1) is 0 Å². The number of hydrogen-bond acceptors (Lipinski definition) is 3. The van der Waals surface area contributed by atoms with Crippen molar-refractivity contribution in [3.63, 3.8) is 0 Å². The van der Waals surface area contributed by atoms with Gasteiger partial charge >= 0.3 is 0 Å². The largest absolute Gasteiger partial charge is 0.311 e. The predicted molar refractivity (Wildman–Crippen MR) is 261 cm³/mol. The van der Waals surface area contributed by atoms with Gasteiger partial charge in [0.1, 0.15) is 5.82 Å². The summed E-state index contributed by atoms with van der Waals surface area (Å²) in [6.45, 7) is 39.3. The Morgan fingerprint density at radius 2 is 0.721 bits per heavy atom. The molecule has 0 atom stereocenters. The molecule has 0 spiro atoms. The van der Waals surface area contributed by atoms with Gasteiger partial charge in [-0.15, -0.1) is 0 Å². The Labute approximate surface area is 367 Å². The number of rotatable bonds is 2. The maximum absolute atomic E-state index is 5.51. The predicted octanol–water partition coefficient (Wildman–Crippen LogP) is 13.0. The summed E-state index contributed by atoms with van der Waals surface area (Å²) in [5.41, 5.74) is 23.2. The SMILES string of the molecule is CC1(C)CC(C)(C)c2cc(N3c4cc5c(cc4B4c6cc7c(cc6N(c6ccc8c(c6)C(C)(C)CC8(C)C)c6nccc3c64)C(C)(C)CC7(C)C)C(C)(C)CC5(C)C)ccc21. The first kappa shape index (κ1) is 39.5. The Hall–Kier alpha value is -4.31. The summed E-state index contributed by atoms with van der Waals surface area (Å²) < 4.78 is 0. The highest BCUT2D eigenvalue weighted by molar-refractivity contribution is 7.00. The molecule has 5 aromatic rings. The zero-order chi connectivity index (χ0) is 43.6. The second-order valence-electron chi connectivity index (χ2n) is 25.8. The first-order valence-electron chi connectivity index (χ1n) is 23.4. The van der Waals surface area contributed by atoms with Crippen LogP contribution in [0.3, 0.4) is 0 Å². The van der Waals surface area contributed by atoms with Crippen molar-refractivity contribution in [3.05, 3.63) is 117 Å². The molecule has 0 N–H and O–H groups in total. The molecule has 11 rings (SSSR count). The average Bonchev–Trinajstić information content (AvgIpc) is 3.62. The van der Waals surface area contributed by atoms with E-state index in [0.29, 0.717) is 0 Å². The van der Waals surface area contributed by atoms with Crippen LogP contribution in [0.4, 0.5) is 34.3 Å². The number of hydrogen-bond donors (Lipinski definition) is 0. The van der Waals surface area contributed by atoms with Crippen LogP contribution < -0.4 is 26.2 Å². The minimum absolute atomic E-state index is 0.0421. The highest BCUT2D eigenvalue weighted by Gasteiger charge is 2.52. The summed E-state index contributed by atoms with van der Waals surface area (Å²) in [5, 5.41) is 0. The normalized spacial score (nSPS) is 23.4. The molecule has 61 heavy (non-hydrogen) atoms. The van der Waals surface area contributed by atoms with Crippen LogP contribution in [0.2, 0.25) is 0 Å². The van der Waals surface area contributed by atoms with E-state index in [1.54, 1.807) is 0 Å². The fourth-order valence-corrected chi connectivity index (χ4v) is 15.5. The van der Waals surface area contributed by atoms with E-state index in [1.165, 1.54) is 89.3 Å². The molecule has 6 aliphatic rings. The lowest BCUT2D eigenvalue weighted by Gasteiger charge is -2.44. The molecule has 0 unspecified atom stereocenters. The van der Waals surface area contributed by atoms with E-state index < -0.39 is 0 Å². The van der Waals surface area contributed by atoms with Gasteiger partial charge in [-0.2, -0.15) is 0 Å². The summed E-state index contributed by atoms with van der Waals surface area (Å²) in [7, 11) is 0. The topological polar surface area (TPSA) is 19.4 Å². The van der Waals surface area contributed by atoms with Crippen molar-refractivity contribution in [2.45, 2.75) is 180 Å². The average molecular weight is 806 g/mol. The zero-order valence-electron chi connectivity index (χ0n) is 40.2. The minimum atomic E-state index is 0.0421. The van der Waals surface area contributed by atoms with Crippen molar-refractivity contribution in [2.75, 3.05) is 9.80 Å². The lowest BCUT2D eigenvalue weighted by Crippen LogP contribution is -2.62. The van der Waals surface area contributed by atoms with Crippen LogP contribution in [0, 0.1) is 0 Å². The molecular weight excluding hydrogens is 737 g/mol. The second kappa shape index (κ2) is 11.4. The van der Waals surface area contributed by atoms with Crippen molar-refractivity contribution < 1.29 is 0 Å². The van der Waals surface area contributed by atoms with Crippen molar-refractivity contribution >= 4 is 57.4 Å². The summed E-state index contributed by atoms with van der Waals surface area (Å²) in [5.74, 6) is 1.07. The van der Waals surface area contributed by atoms with Gasteiger partial charge in [-0.3, -0.25) is 4.90 Å². The second-order valence-corrected chi connectivity index (χ2v) is 25.8. The van der Waals surface area contributed by atoms with Crippen LogP contribution in [0.1, 0.15) is 181 Å². The fourth-order valence-electron chi connectivity index (χ4n) is 15.5. The van der Waals surface area contributed by atoms with Gasteiger partial charge in [-0.25, -0.2) is 4.98 Å². The van der Waals surface area contributed by atoms with Crippen LogP contribution in [0.15, 0.2) is 72.9 Å².